The van der Waals surface area contributed by atoms with E-state index in [-0.39, 0.29) is 30.0 Å². The van der Waals surface area contributed by atoms with E-state index in [1.165, 1.54) is 61.7 Å². The van der Waals surface area contributed by atoms with Crippen molar-refractivity contribution in [3.8, 4) is 17.2 Å². The van der Waals surface area contributed by atoms with E-state index in [2.05, 4.69) is 0 Å². The number of benzene rings is 2. The normalized spacial score (nSPS) is 24.1. The van der Waals surface area contributed by atoms with Gasteiger partial charge in [0.25, 0.3) is 5.56 Å². The highest BCUT2D eigenvalue weighted by atomic mass is 32.3. The first-order valence-corrected chi connectivity index (χ1v) is 19.2. The number of carbonyl (C=O) groups excluding carboxylic acids is 4. The van der Waals surface area contributed by atoms with Gasteiger partial charge in [0.05, 0.1) is 19.3 Å². The second kappa shape index (κ2) is 18.8. The van der Waals surface area contributed by atoms with Gasteiger partial charge in [-0.3, -0.25) is 33.1 Å². The highest BCUT2D eigenvalue weighted by Crippen LogP contribution is 2.35. The molecule has 8 atom stereocenters. The number of aryl methyl sites for hydroxylation is 1. The van der Waals surface area contributed by atoms with Crippen molar-refractivity contribution in [3.05, 3.63) is 86.7 Å². The number of ether oxygens (including phenoxy) is 7. The molecular formula is C37H42N2O19S. The van der Waals surface area contributed by atoms with Crippen LogP contribution in [0.5, 0.6) is 17.2 Å². The lowest BCUT2D eigenvalue weighted by atomic mass is 9.98. The number of aliphatic hydroxyl groups is 2. The van der Waals surface area contributed by atoms with Gasteiger partial charge in [0.15, 0.2) is 23.7 Å². The lowest BCUT2D eigenvalue weighted by Gasteiger charge is -2.43. The Kier molecular flexibility index (Phi) is 14.1. The standard InChI is InChI=1S/C37H42N2O19S/c1-19-15-38(31-14-26(45)29(17-40)54-31)37(47)39(35(19)46)16-24-10-12-25(13-11-24)57-59(48,49)58-28-9-7-6-8-27(28)55-36-34(53-23(5)44)33(52-22(4)43)32(51-21(3)42)30(56-36)18-50-20(2)41/h6-13,15,26,29-34,36,40,45H,14,16-18H2,1-5H3/t26?,29-,30-,31-,32+,33+,34-,36?/m1/s1. The van der Waals surface area contributed by atoms with Gasteiger partial charge in [-0.25, -0.2) is 4.79 Å². The quantitative estimate of drug-likeness (QED) is 0.152. The Bertz CT molecular complexity index is 2260. The minimum absolute atomic E-state index is 0.0118. The van der Waals surface area contributed by atoms with Gasteiger partial charge in [-0.05, 0) is 36.8 Å². The molecule has 59 heavy (non-hydrogen) atoms. The van der Waals surface area contributed by atoms with Gasteiger partial charge in [-0.15, -0.1) is 8.42 Å². The molecule has 0 spiro atoms. The second-order valence-electron chi connectivity index (χ2n) is 13.4. The Balaban J connectivity index is 1.34. The van der Waals surface area contributed by atoms with Gasteiger partial charge in [0, 0.05) is 45.9 Å². The van der Waals surface area contributed by atoms with Gasteiger partial charge >= 0.3 is 40.0 Å². The third-order valence-corrected chi connectivity index (χ3v) is 9.54. The summed E-state index contributed by atoms with van der Waals surface area (Å²) in [6.07, 6.45) is -9.25. The Morgan fingerprint density at radius 3 is 2.00 bits per heavy atom. The van der Waals surface area contributed by atoms with E-state index < -0.39 is 114 Å². The van der Waals surface area contributed by atoms with Gasteiger partial charge in [0.1, 0.15) is 30.8 Å². The third-order valence-electron chi connectivity index (χ3n) is 8.76. The third kappa shape index (κ3) is 11.2. The Morgan fingerprint density at radius 2 is 1.41 bits per heavy atom. The largest absolute Gasteiger partial charge is 0.501 e. The van der Waals surface area contributed by atoms with Crippen LogP contribution in [0.3, 0.4) is 0 Å². The molecule has 2 aliphatic heterocycles. The van der Waals surface area contributed by atoms with Gasteiger partial charge in [-0.2, -0.15) is 0 Å². The molecule has 0 saturated carbocycles. The van der Waals surface area contributed by atoms with Crippen LogP contribution in [0, 0.1) is 6.92 Å². The molecule has 21 nitrogen and oxygen atoms in total. The van der Waals surface area contributed by atoms with Gasteiger partial charge in [-0.1, -0.05) is 24.3 Å². The van der Waals surface area contributed by atoms with Crippen LogP contribution in [0.4, 0.5) is 0 Å². The smallest absolute Gasteiger partial charge is 0.463 e. The number of aromatic nitrogens is 2. The number of esters is 4. The molecule has 0 bridgehead atoms. The van der Waals surface area contributed by atoms with Crippen LogP contribution < -0.4 is 24.4 Å². The lowest BCUT2D eigenvalue weighted by molar-refractivity contribution is -0.288. The summed E-state index contributed by atoms with van der Waals surface area (Å²) in [5.74, 6) is -4.34. The first kappa shape index (κ1) is 44.3. The maximum atomic E-state index is 13.3. The average molecular weight is 851 g/mol. The molecule has 2 N–H and O–H groups in total. The van der Waals surface area contributed by atoms with Crippen LogP contribution in [0.2, 0.25) is 0 Å². The van der Waals surface area contributed by atoms with Crippen molar-refractivity contribution in [2.45, 2.75) is 96.7 Å². The summed E-state index contributed by atoms with van der Waals surface area (Å²) in [4.78, 5) is 74.5. The Morgan fingerprint density at radius 1 is 0.797 bits per heavy atom. The molecule has 0 aliphatic carbocycles. The SMILES string of the molecule is CC(=O)OC[C@H]1OC(Oc2ccccc2OS(=O)(=O)Oc2ccc(Cn3c(=O)c(C)cn([C@H]4CC(O)[C@@H](CO)O4)c3=O)cc2)[C@H](OC(C)=O)[C@@H](OC(C)=O)[C@H]1OC(C)=O. The molecule has 2 saturated heterocycles. The molecule has 0 radical (unpaired) electrons. The highest BCUT2D eigenvalue weighted by Gasteiger charge is 2.53. The van der Waals surface area contributed by atoms with E-state index in [4.69, 9.17) is 41.5 Å². The van der Waals surface area contributed by atoms with Crippen molar-refractivity contribution in [2.24, 2.45) is 0 Å². The molecule has 2 unspecified atom stereocenters. The Hall–Kier alpha value is -5.81. The zero-order valence-corrected chi connectivity index (χ0v) is 33.1. The first-order chi connectivity index (χ1) is 27.8. The number of aliphatic hydroxyl groups excluding tert-OH is 2. The molecule has 320 valence electrons. The van der Waals surface area contributed by atoms with Crippen molar-refractivity contribution in [1.82, 2.24) is 9.13 Å². The summed E-state index contributed by atoms with van der Waals surface area (Å²) in [7, 11) is -4.93. The van der Waals surface area contributed by atoms with E-state index in [1.54, 1.807) is 0 Å². The van der Waals surface area contributed by atoms with Gasteiger partial charge < -0.3 is 51.7 Å². The van der Waals surface area contributed by atoms with E-state index in [9.17, 15) is 47.4 Å². The first-order valence-electron chi connectivity index (χ1n) is 17.9. The second-order valence-corrected chi connectivity index (χ2v) is 14.5. The molecule has 3 aromatic rings. The fraction of sp³-hybridized carbons (Fsp3) is 0.459. The monoisotopic (exact) mass is 850 g/mol. The minimum Gasteiger partial charge on any atom is -0.463 e. The summed E-state index contributed by atoms with van der Waals surface area (Å²) in [5.41, 5.74) is -0.727. The molecule has 22 heteroatoms. The lowest BCUT2D eigenvalue weighted by Crippen LogP contribution is -2.63. The Labute approximate surface area is 336 Å². The predicted molar refractivity (Wildman–Crippen MR) is 196 cm³/mol. The molecule has 2 aliphatic rings. The van der Waals surface area contributed by atoms with E-state index in [0.717, 1.165) is 36.8 Å². The molecule has 0 amide bonds. The number of carbonyl (C=O) groups is 4. The molecule has 1 aromatic heterocycles. The zero-order valence-electron chi connectivity index (χ0n) is 32.3. The fourth-order valence-electron chi connectivity index (χ4n) is 6.26. The van der Waals surface area contributed by atoms with Crippen LogP contribution in [-0.4, -0.2) is 108 Å². The van der Waals surface area contributed by atoms with Crippen LogP contribution in [-0.2, 0) is 64.5 Å². The average Bonchev–Trinajstić information content (AvgIpc) is 3.53. The number of rotatable bonds is 15. The van der Waals surface area contributed by atoms with Crippen molar-refractivity contribution in [1.29, 1.82) is 0 Å². The van der Waals surface area contributed by atoms with E-state index >= 15 is 0 Å². The number of hydrogen-bond donors (Lipinski definition) is 2. The summed E-state index contributed by atoms with van der Waals surface area (Å²) >= 11 is 0. The summed E-state index contributed by atoms with van der Waals surface area (Å²) in [6.45, 7) is 4.51. The predicted octanol–water partition coefficient (Wildman–Crippen LogP) is 0.172. The van der Waals surface area contributed by atoms with Crippen LogP contribution in [0.25, 0.3) is 0 Å². The maximum Gasteiger partial charge on any atom is 0.501 e. The molecule has 2 fully saturated rings. The molecular weight excluding hydrogens is 808 g/mol. The molecule has 3 heterocycles. The summed E-state index contributed by atoms with van der Waals surface area (Å²) in [6, 6.07) is 10.6. The van der Waals surface area contributed by atoms with Crippen LogP contribution >= 0.6 is 0 Å². The summed E-state index contributed by atoms with van der Waals surface area (Å²) in [5, 5.41) is 19.6. The van der Waals surface area contributed by atoms with Gasteiger partial charge in [0.2, 0.25) is 12.4 Å². The zero-order chi connectivity index (χ0) is 43.2. The minimum atomic E-state index is -4.93. The van der Waals surface area contributed by atoms with E-state index in [0.29, 0.717) is 5.56 Å². The summed E-state index contributed by atoms with van der Waals surface area (Å²) < 4.78 is 77.5. The van der Waals surface area contributed by atoms with Crippen molar-refractivity contribution in [3.63, 3.8) is 0 Å². The maximum absolute atomic E-state index is 13.3. The molecule has 2 aromatic carbocycles. The van der Waals surface area contributed by atoms with Crippen LogP contribution in [0.1, 0.15) is 51.5 Å². The number of nitrogens with zero attached hydrogens (tertiary/aromatic N) is 2. The molecule has 5 rings (SSSR count). The fourth-order valence-corrected chi connectivity index (χ4v) is 7.00. The highest BCUT2D eigenvalue weighted by molar-refractivity contribution is 7.82. The van der Waals surface area contributed by atoms with Crippen LogP contribution in [0.15, 0.2) is 64.3 Å². The van der Waals surface area contributed by atoms with Crippen molar-refractivity contribution >= 4 is 34.3 Å². The van der Waals surface area contributed by atoms with Crippen molar-refractivity contribution in [2.75, 3.05) is 13.2 Å². The van der Waals surface area contributed by atoms with E-state index in [1.807, 2.05) is 0 Å². The number of para-hydroxylation sites is 2. The topological polar surface area (TPSA) is 270 Å². The van der Waals surface area contributed by atoms with Crippen molar-refractivity contribution < 1.29 is 79.3 Å². The number of hydrogen-bond acceptors (Lipinski definition) is 19.